The van der Waals surface area contributed by atoms with Crippen molar-refractivity contribution in [3.05, 3.63) is 144 Å². The molecule has 4 rings (SSSR count). The summed E-state index contributed by atoms with van der Waals surface area (Å²) in [7, 11) is -3.73. The van der Waals surface area contributed by atoms with Crippen LogP contribution in [0.25, 0.3) is 0 Å². The van der Waals surface area contributed by atoms with E-state index in [4.69, 9.17) is 0 Å². The molecule has 1 atom stereocenters. The van der Waals surface area contributed by atoms with Crippen LogP contribution < -0.4 is 5.32 Å². The quantitative estimate of drug-likeness (QED) is 0.259. The number of benzene rings is 4. The highest BCUT2D eigenvalue weighted by atomic mass is 32.2. The first-order valence-corrected chi connectivity index (χ1v) is 15.3. The van der Waals surface area contributed by atoms with E-state index >= 15 is 0 Å². The highest BCUT2D eigenvalue weighted by Gasteiger charge is 2.32. The van der Waals surface area contributed by atoms with Gasteiger partial charge in [0, 0.05) is 26.1 Å². The van der Waals surface area contributed by atoms with Crippen LogP contribution in [0.2, 0.25) is 0 Å². The SMILES string of the molecule is CS(=O)(=O)N(CC(=O)N(Cc1ccccc1)[C@H](Cc1ccccc1)C(=O)NCc1ccccc1)Cc1ccccc1. The van der Waals surface area contributed by atoms with Gasteiger partial charge in [0.2, 0.25) is 21.8 Å². The molecule has 1 N–H and O–H groups in total. The number of hydrogen-bond acceptors (Lipinski definition) is 4. The second kappa shape index (κ2) is 14.4. The molecule has 0 saturated heterocycles. The molecule has 2 amide bonds. The van der Waals surface area contributed by atoms with E-state index in [1.165, 1.54) is 4.90 Å². The molecule has 0 aliphatic carbocycles. The molecule has 4 aromatic rings. The molecular weight excluding hydrogens is 534 g/mol. The molecule has 0 aromatic heterocycles. The summed E-state index contributed by atoms with van der Waals surface area (Å²) in [5, 5.41) is 3.00. The zero-order valence-corrected chi connectivity index (χ0v) is 23.9. The van der Waals surface area contributed by atoms with Gasteiger partial charge in [-0.3, -0.25) is 9.59 Å². The van der Waals surface area contributed by atoms with Crippen molar-refractivity contribution in [2.75, 3.05) is 12.8 Å². The molecule has 0 unspecified atom stereocenters. The van der Waals surface area contributed by atoms with Gasteiger partial charge in [0.25, 0.3) is 0 Å². The monoisotopic (exact) mass is 569 g/mol. The van der Waals surface area contributed by atoms with Gasteiger partial charge in [-0.25, -0.2) is 8.42 Å². The maximum Gasteiger partial charge on any atom is 0.243 e. The minimum absolute atomic E-state index is 0.0497. The molecule has 8 heteroatoms. The van der Waals surface area contributed by atoms with Gasteiger partial charge in [0.15, 0.2) is 0 Å². The zero-order chi connectivity index (χ0) is 29.1. The Balaban J connectivity index is 1.66. The Hall–Kier alpha value is -4.27. The van der Waals surface area contributed by atoms with Crippen LogP contribution in [0.5, 0.6) is 0 Å². The van der Waals surface area contributed by atoms with Crippen molar-refractivity contribution in [2.45, 2.75) is 32.1 Å². The number of carbonyl (C=O) groups excluding carboxylic acids is 2. The Kier molecular flexibility index (Phi) is 10.4. The Labute approximate surface area is 242 Å². The molecule has 0 heterocycles. The van der Waals surface area contributed by atoms with Crippen molar-refractivity contribution in [3.63, 3.8) is 0 Å². The number of hydrogen-bond donors (Lipinski definition) is 1. The summed E-state index contributed by atoms with van der Waals surface area (Å²) >= 11 is 0. The van der Waals surface area contributed by atoms with E-state index in [2.05, 4.69) is 5.32 Å². The van der Waals surface area contributed by atoms with Gasteiger partial charge in [0.05, 0.1) is 12.8 Å². The van der Waals surface area contributed by atoms with Crippen LogP contribution in [0.1, 0.15) is 22.3 Å². The molecule has 0 radical (unpaired) electrons. The molecule has 0 spiro atoms. The first-order valence-electron chi connectivity index (χ1n) is 13.5. The van der Waals surface area contributed by atoms with Crippen LogP contribution in [-0.4, -0.2) is 48.3 Å². The summed E-state index contributed by atoms with van der Waals surface area (Å²) in [6, 6.07) is 36.8. The van der Waals surface area contributed by atoms with Gasteiger partial charge >= 0.3 is 0 Å². The van der Waals surface area contributed by atoms with E-state index in [1.807, 2.05) is 121 Å². The van der Waals surface area contributed by atoms with Gasteiger partial charge in [0.1, 0.15) is 6.04 Å². The third-order valence-electron chi connectivity index (χ3n) is 6.76. The van der Waals surface area contributed by atoms with Crippen molar-refractivity contribution >= 4 is 21.8 Å². The molecule has 0 saturated carbocycles. The summed E-state index contributed by atoms with van der Waals surface area (Å²) in [5.74, 6) is -0.762. The van der Waals surface area contributed by atoms with Gasteiger partial charge in [-0.2, -0.15) is 4.31 Å². The summed E-state index contributed by atoms with van der Waals surface area (Å²) in [5.41, 5.74) is 3.43. The summed E-state index contributed by atoms with van der Waals surface area (Å²) in [6.07, 6.45) is 1.37. The zero-order valence-electron chi connectivity index (χ0n) is 23.1. The number of rotatable bonds is 13. The lowest BCUT2D eigenvalue weighted by molar-refractivity contribution is -0.141. The van der Waals surface area contributed by atoms with E-state index in [9.17, 15) is 18.0 Å². The van der Waals surface area contributed by atoms with Crippen LogP contribution in [0.4, 0.5) is 0 Å². The maximum absolute atomic E-state index is 14.0. The van der Waals surface area contributed by atoms with Crippen LogP contribution in [-0.2, 0) is 45.7 Å². The van der Waals surface area contributed by atoms with Crippen molar-refractivity contribution in [1.29, 1.82) is 0 Å². The van der Waals surface area contributed by atoms with E-state index in [0.717, 1.165) is 32.8 Å². The molecule has 4 aromatic carbocycles. The average molecular weight is 570 g/mol. The fraction of sp³-hybridized carbons (Fsp3) is 0.212. The number of nitrogens with zero attached hydrogens (tertiary/aromatic N) is 2. The predicted molar refractivity (Wildman–Crippen MR) is 161 cm³/mol. The summed E-state index contributed by atoms with van der Waals surface area (Å²) in [6.45, 7) is 0.118. The van der Waals surface area contributed by atoms with Crippen LogP contribution in [0, 0.1) is 0 Å². The lowest BCUT2D eigenvalue weighted by Gasteiger charge is -2.33. The maximum atomic E-state index is 14.0. The van der Waals surface area contributed by atoms with E-state index in [-0.39, 0.29) is 25.4 Å². The summed E-state index contributed by atoms with van der Waals surface area (Å²) in [4.78, 5) is 29.3. The Morgan fingerprint density at radius 3 is 1.59 bits per heavy atom. The molecule has 0 aliphatic rings. The molecule has 212 valence electrons. The van der Waals surface area contributed by atoms with Crippen LogP contribution >= 0.6 is 0 Å². The lowest BCUT2D eigenvalue weighted by atomic mass is 10.0. The number of sulfonamides is 1. The number of amides is 2. The third kappa shape index (κ3) is 9.13. The smallest absolute Gasteiger partial charge is 0.243 e. The van der Waals surface area contributed by atoms with Crippen molar-refractivity contribution in [3.8, 4) is 0 Å². The Morgan fingerprint density at radius 1 is 0.659 bits per heavy atom. The van der Waals surface area contributed by atoms with E-state index in [1.54, 1.807) is 0 Å². The molecule has 0 bridgehead atoms. The van der Waals surface area contributed by atoms with Crippen LogP contribution in [0.15, 0.2) is 121 Å². The molecule has 0 fully saturated rings. The number of carbonyl (C=O) groups is 2. The fourth-order valence-electron chi connectivity index (χ4n) is 4.56. The van der Waals surface area contributed by atoms with E-state index < -0.39 is 28.5 Å². The summed E-state index contributed by atoms with van der Waals surface area (Å²) < 4.78 is 26.7. The molecular formula is C33H35N3O4S. The first kappa shape index (κ1) is 29.7. The minimum atomic E-state index is -3.73. The second-order valence-electron chi connectivity index (χ2n) is 9.93. The van der Waals surface area contributed by atoms with Crippen molar-refractivity contribution in [1.82, 2.24) is 14.5 Å². The van der Waals surface area contributed by atoms with Gasteiger partial charge in [-0.1, -0.05) is 121 Å². The normalized spacial score (nSPS) is 12.0. The van der Waals surface area contributed by atoms with Gasteiger partial charge < -0.3 is 10.2 Å². The van der Waals surface area contributed by atoms with Crippen LogP contribution in [0.3, 0.4) is 0 Å². The third-order valence-corrected chi connectivity index (χ3v) is 7.96. The molecule has 41 heavy (non-hydrogen) atoms. The van der Waals surface area contributed by atoms with Crippen molar-refractivity contribution < 1.29 is 18.0 Å². The van der Waals surface area contributed by atoms with Gasteiger partial charge in [-0.15, -0.1) is 0 Å². The largest absolute Gasteiger partial charge is 0.350 e. The van der Waals surface area contributed by atoms with E-state index in [0.29, 0.717) is 6.54 Å². The van der Waals surface area contributed by atoms with Gasteiger partial charge in [-0.05, 0) is 22.3 Å². The predicted octanol–water partition coefficient (Wildman–Crippen LogP) is 4.40. The second-order valence-corrected chi connectivity index (χ2v) is 11.9. The average Bonchev–Trinajstić information content (AvgIpc) is 2.99. The Bertz CT molecular complexity index is 1500. The minimum Gasteiger partial charge on any atom is -0.350 e. The molecule has 0 aliphatic heterocycles. The highest BCUT2D eigenvalue weighted by molar-refractivity contribution is 7.88. The van der Waals surface area contributed by atoms with Crippen molar-refractivity contribution in [2.24, 2.45) is 0 Å². The Morgan fingerprint density at radius 2 is 1.10 bits per heavy atom. The molecule has 7 nitrogen and oxygen atoms in total. The topological polar surface area (TPSA) is 86.8 Å². The lowest BCUT2D eigenvalue weighted by Crippen LogP contribution is -2.53. The standard InChI is InChI=1S/C33H35N3O4S/c1-41(39,40)35(24-29-18-10-4-11-19-29)26-32(37)36(25-30-20-12-5-13-21-30)31(22-27-14-6-2-7-15-27)33(38)34-23-28-16-8-3-9-17-28/h2-21,31H,22-26H2,1H3,(H,34,38)/t31-/m1/s1. The number of nitrogens with one attached hydrogen (secondary N) is 1. The highest BCUT2D eigenvalue weighted by Crippen LogP contribution is 2.17. The first-order chi connectivity index (χ1) is 19.8. The fourth-order valence-corrected chi connectivity index (χ4v) is 5.28.